The summed E-state index contributed by atoms with van der Waals surface area (Å²) in [5, 5.41) is 16.6. The molecule has 0 radical (unpaired) electrons. The van der Waals surface area contributed by atoms with E-state index in [1.165, 1.54) is 0 Å². The molecule has 0 aliphatic heterocycles. The minimum atomic E-state index is 0.194. The first-order valence-corrected chi connectivity index (χ1v) is 6.04. The first-order valence-electron chi connectivity index (χ1n) is 6.04. The number of aromatic hydroxyl groups is 1. The van der Waals surface area contributed by atoms with E-state index >= 15 is 0 Å². The third kappa shape index (κ3) is 3.07. The molecular formula is C13H17N3O2. The molecule has 0 aliphatic rings. The molecule has 0 aliphatic carbocycles. The van der Waals surface area contributed by atoms with Crippen molar-refractivity contribution in [3.8, 4) is 17.1 Å². The summed E-state index contributed by atoms with van der Waals surface area (Å²) in [6, 6.07) is 7.11. The SMILES string of the molecule is CCNC(C)Cc1nc(-c2cccc(O)c2)no1. The quantitative estimate of drug-likeness (QED) is 0.845. The average molecular weight is 247 g/mol. The minimum absolute atomic E-state index is 0.194. The van der Waals surface area contributed by atoms with Crippen molar-refractivity contribution in [2.24, 2.45) is 0 Å². The van der Waals surface area contributed by atoms with Crippen LogP contribution in [-0.4, -0.2) is 27.8 Å². The van der Waals surface area contributed by atoms with Gasteiger partial charge in [-0.2, -0.15) is 4.98 Å². The minimum Gasteiger partial charge on any atom is -0.508 e. The van der Waals surface area contributed by atoms with Gasteiger partial charge in [-0.15, -0.1) is 0 Å². The number of hydrogen-bond donors (Lipinski definition) is 2. The van der Waals surface area contributed by atoms with Gasteiger partial charge in [-0.3, -0.25) is 0 Å². The number of nitrogens with zero attached hydrogens (tertiary/aromatic N) is 2. The number of phenolic OH excluding ortho intramolecular Hbond substituents is 1. The van der Waals surface area contributed by atoms with E-state index in [1.54, 1.807) is 18.2 Å². The first-order chi connectivity index (χ1) is 8.69. The van der Waals surface area contributed by atoms with Crippen LogP contribution in [0.1, 0.15) is 19.7 Å². The van der Waals surface area contributed by atoms with Crippen molar-refractivity contribution in [1.82, 2.24) is 15.5 Å². The fraction of sp³-hybridized carbons (Fsp3) is 0.385. The monoisotopic (exact) mass is 247 g/mol. The number of aromatic nitrogens is 2. The number of hydrogen-bond acceptors (Lipinski definition) is 5. The first kappa shape index (κ1) is 12.6. The molecule has 0 saturated carbocycles. The Labute approximate surface area is 106 Å². The van der Waals surface area contributed by atoms with Gasteiger partial charge in [0.1, 0.15) is 5.75 Å². The Morgan fingerprint density at radius 1 is 1.44 bits per heavy atom. The van der Waals surface area contributed by atoms with Crippen LogP contribution in [-0.2, 0) is 6.42 Å². The van der Waals surface area contributed by atoms with Crippen molar-refractivity contribution in [3.05, 3.63) is 30.2 Å². The molecule has 0 fully saturated rings. The fourth-order valence-corrected chi connectivity index (χ4v) is 1.78. The maximum Gasteiger partial charge on any atom is 0.228 e. The lowest BCUT2D eigenvalue weighted by Gasteiger charge is -2.07. The summed E-state index contributed by atoms with van der Waals surface area (Å²) in [5.41, 5.74) is 0.751. The Kier molecular flexibility index (Phi) is 3.94. The molecule has 0 spiro atoms. The molecular weight excluding hydrogens is 230 g/mol. The summed E-state index contributed by atoms with van der Waals surface area (Å²) in [6.45, 7) is 5.04. The highest BCUT2D eigenvalue weighted by Crippen LogP contribution is 2.20. The van der Waals surface area contributed by atoms with Crippen LogP contribution in [0.25, 0.3) is 11.4 Å². The van der Waals surface area contributed by atoms with Crippen LogP contribution in [0.5, 0.6) is 5.75 Å². The average Bonchev–Trinajstić information content (AvgIpc) is 2.78. The van der Waals surface area contributed by atoms with Gasteiger partial charge >= 0.3 is 0 Å². The topological polar surface area (TPSA) is 71.2 Å². The molecule has 2 N–H and O–H groups in total. The Bertz CT molecular complexity index is 510. The van der Waals surface area contributed by atoms with E-state index in [2.05, 4.69) is 29.3 Å². The Hall–Kier alpha value is -1.88. The van der Waals surface area contributed by atoms with E-state index < -0.39 is 0 Å². The number of nitrogens with one attached hydrogen (secondary N) is 1. The summed E-state index contributed by atoms with van der Waals surface area (Å²) in [4.78, 5) is 4.31. The summed E-state index contributed by atoms with van der Waals surface area (Å²) in [5.74, 6) is 1.30. The van der Waals surface area contributed by atoms with E-state index in [1.807, 2.05) is 6.07 Å². The maximum absolute atomic E-state index is 9.40. The highest BCUT2D eigenvalue weighted by atomic mass is 16.5. The molecule has 1 aromatic carbocycles. The summed E-state index contributed by atoms with van der Waals surface area (Å²) in [6.07, 6.45) is 0.694. The molecule has 1 aromatic heterocycles. The van der Waals surface area contributed by atoms with Gasteiger partial charge in [-0.1, -0.05) is 24.2 Å². The fourth-order valence-electron chi connectivity index (χ4n) is 1.78. The molecule has 18 heavy (non-hydrogen) atoms. The largest absolute Gasteiger partial charge is 0.508 e. The van der Waals surface area contributed by atoms with Crippen molar-refractivity contribution in [2.45, 2.75) is 26.3 Å². The molecule has 0 saturated heterocycles. The van der Waals surface area contributed by atoms with Crippen molar-refractivity contribution in [1.29, 1.82) is 0 Å². The van der Waals surface area contributed by atoms with E-state index in [9.17, 15) is 5.11 Å². The van der Waals surface area contributed by atoms with E-state index in [0.29, 0.717) is 24.2 Å². The van der Waals surface area contributed by atoms with Crippen LogP contribution in [0.3, 0.4) is 0 Å². The normalized spacial score (nSPS) is 12.6. The molecule has 1 atom stereocenters. The van der Waals surface area contributed by atoms with Crippen molar-refractivity contribution in [3.63, 3.8) is 0 Å². The van der Waals surface area contributed by atoms with Crippen molar-refractivity contribution in [2.75, 3.05) is 6.54 Å². The third-order valence-electron chi connectivity index (χ3n) is 2.61. The number of rotatable bonds is 5. The van der Waals surface area contributed by atoms with Crippen LogP contribution in [0.2, 0.25) is 0 Å². The molecule has 96 valence electrons. The summed E-state index contributed by atoms with van der Waals surface area (Å²) in [7, 11) is 0. The van der Waals surface area contributed by atoms with E-state index in [-0.39, 0.29) is 5.75 Å². The van der Waals surface area contributed by atoms with Crippen LogP contribution >= 0.6 is 0 Å². The van der Waals surface area contributed by atoms with Gasteiger partial charge in [0.15, 0.2) is 0 Å². The molecule has 5 heteroatoms. The summed E-state index contributed by atoms with van der Waals surface area (Å²) >= 11 is 0. The van der Waals surface area contributed by atoms with Gasteiger partial charge in [0.2, 0.25) is 11.7 Å². The molecule has 1 unspecified atom stereocenters. The molecule has 0 bridgehead atoms. The van der Waals surface area contributed by atoms with E-state index in [0.717, 1.165) is 12.1 Å². The number of phenols is 1. The lowest BCUT2D eigenvalue weighted by Crippen LogP contribution is -2.27. The Morgan fingerprint density at radius 2 is 2.28 bits per heavy atom. The van der Waals surface area contributed by atoms with Gasteiger partial charge in [0.05, 0.1) is 0 Å². The van der Waals surface area contributed by atoms with Gasteiger partial charge in [0.25, 0.3) is 0 Å². The van der Waals surface area contributed by atoms with Crippen LogP contribution in [0.15, 0.2) is 28.8 Å². The highest BCUT2D eigenvalue weighted by molar-refractivity contribution is 5.56. The third-order valence-corrected chi connectivity index (χ3v) is 2.61. The van der Waals surface area contributed by atoms with Crippen molar-refractivity contribution < 1.29 is 9.63 Å². The zero-order valence-corrected chi connectivity index (χ0v) is 10.6. The van der Waals surface area contributed by atoms with Crippen LogP contribution < -0.4 is 5.32 Å². The van der Waals surface area contributed by atoms with E-state index in [4.69, 9.17) is 4.52 Å². The predicted molar refractivity (Wildman–Crippen MR) is 68.2 cm³/mol. The molecule has 5 nitrogen and oxygen atoms in total. The zero-order valence-electron chi connectivity index (χ0n) is 10.6. The highest BCUT2D eigenvalue weighted by Gasteiger charge is 2.11. The Morgan fingerprint density at radius 3 is 3.00 bits per heavy atom. The van der Waals surface area contributed by atoms with Crippen LogP contribution in [0, 0.1) is 0 Å². The second kappa shape index (κ2) is 5.64. The van der Waals surface area contributed by atoms with Gasteiger partial charge in [-0.25, -0.2) is 0 Å². The van der Waals surface area contributed by atoms with Crippen LogP contribution in [0.4, 0.5) is 0 Å². The number of likely N-dealkylation sites (N-methyl/N-ethyl adjacent to an activating group) is 1. The zero-order chi connectivity index (χ0) is 13.0. The van der Waals surface area contributed by atoms with Gasteiger partial charge in [-0.05, 0) is 25.6 Å². The molecule has 1 heterocycles. The second-order valence-corrected chi connectivity index (χ2v) is 4.22. The van der Waals surface area contributed by atoms with Gasteiger partial charge in [0, 0.05) is 18.0 Å². The summed E-state index contributed by atoms with van der Waals surface area (Å²) < 4.78 is 5.19. The molecule has 2 aromatic rings. The lowest BCUT2D eigenvalue weighted by molar-refractivity contribution is 0.363. The van der Waals surface area contributed by atoms with Crippen molar-refractivity contribution >= 4 is 0 Å². The standard InChI is InChI=1S/C13H17N3O2/c1-3-14-9(2)7-12-15-13(16-18-12)10-5-4-6-11(17)8-10/h4-6,8-9,14,17H,3,7H2,1-2H3. The Balaban J connectivity index is 2.10. The second-order valence-electron chi connectivity index (χ2n) is 4.22. The molecule has 2 rings (SSSR count). The smallest absolute Gasteiger partial charge is 0.228 e. The van der Waals surface area contributed by atoms with Gasteiger partial charge < -0.3 is 14.9 Å². The number of benzene rings is 1. The lowest BCUT2D eigenvalue weighted by atomic mass is 10.2. The predicted octanol–water partition coefficient (Wildman–Crippen LogP) is 1.98. The molecule has 0 amide bonds. The maximum atomic E-state index is 9.40.